The molecule has 0 atom stereocenters. The van der Waals surface area contributed by atoms with Crippen molar-refractivity contribution in [3.8, 4) is 0 Å². The van der Waals surface area contributed by atoms with Gasteiger partial charge in [0, 0.05) is 12.8 Å². The van der Waals surface area contributed by atoms with Crippen LogP contribution in [-0.4, -0.2) is 54.0 Å². The minimum Gasteiger partial charge on any atom is -0.328 e. The molecule has 0 aromatic heterocycles. The third-order valence-electron chi connectivity index (χ3n) is 2.29. The van der Waals surface area contributed by atoms with Crippen molar-refractivity contribution < 1.29 is 38.4 Å². The fourth-order valence-corrected chi connectivity index (χ4v) is 2.80. The molecule has 1 fully saturated rings. The molecule has 0 spiro atoms. The Hall–Kier alpha value is -0.460. The van der Waals surface area contributed by atoms with Crippen LogP contribution in [0.1, 0.15) is 12.8 Å². The van der Waals surface area contributed by atoms with E-state index in [1.54, 1.807) is 0 Å². The van der Waals surface area contributed by atoms with E-state index in [1.165, 1.54) is 30.4 Å². The number of likely N-dealkylation sites (tertiary alicyclic amines) is 1. The summed E-state index contributed by atoms with van der Waals surface area (Å²) in [5.41, 5.74) is -5.86. The van der Waals surface area contributed by atoms with Gasteiger partial charge in [0.15, 0.2) is 0 Å². The van der Waals surface area contributed by atoms with E-state index in [0.717, 1.165) is 0 Å². The first-order chi connectivity index (χ1) is 8.16. The van der Waals surface area contributed by atoms with Gasteiger partial charge in [-0.2, -0.15) is 21.6 Å². The monoisotopic (exact) mass is 331 g/mol. The van der Waals surface area contributed by atoms with E-state index in [4.69, 9.17) is 0 Å². The summed E-state index contributed by atoms with van der Waals surface area (Å²) in [6, 6.07) is 0. The Kier molecular flexibility index (Phi) is 5.75. The van der Waals surface area contributed by atoms with Crippen LogP contribution >= 0.6 is 0 Å². The van der Waals surface area contributed by atoms with Gasteiger partial charge in [0.25, 0.3) is 0 Å². The van der Waals surface area contributed by atoms with Gasteiger partial charge in [-0.05, 0) is 0 Å². The molecule has 0 amide bonds. The van der Waals surface area contributed by atoms with Crippen molar-refractivity contribution in [2.75, 3.05) is 27.2 Å². The molecule has 0 saturated carbocycles. The van der Waals surface area contributed by atoms with Crippen LogP contribution in [0.2, 0.25) is 0 Å². The second-order valence-electron chi connectivity index (χ2n) is 4.56. The topological polar surface area (TPSA) is 80.3 Å². The van der Waals surface area contributed by atoms with Crippen molar-refractivity contribution in [2.45, 2.75) is 18.3 Å². The smallest absolute Gasteiger partial charge is 0.328 e. The van der Waals surface area contributed by atoms with E-state index >= 15 is 0 Å². The van der Waals surface area contributed by atoms with E-state index in [9.17, 15) is 33.9 Å². The summed E-state index contributed by atoms with van der Waals surface area (Å²) in [5, 5.41) is 0. The first-order valence-corrected chi connectivity index (χ1v) is 7.89. The van der Waals surface area contributed by atoms with Crippen LogP contribution in [-0.2, 0) is 20.4 Å². The molecule has 1 rings (SSSR count). The predicted molar refractivity (Wildman–Crippen MR) is 59.2 cm³/mol. The second-order valence-corrected chi connectivity index (χ2v) is 7.57. The minimum absolute atomic E-state index is 0.212. The predicted octanol–water partition coefficient (Wildman–Crippen LogP) is 0.496. The summed E-state index contributed by atoms with van der Waals surface area (Å²) in [6.07, 6.45) is 2.88. The standard InChI is InChI=1S/C6H14N.CHF4NO4S2/c1-7(2)5-3-4-6-7;2-1(3,4)11(7,8)6-12(5,9)10/h3-6H2,1-2H3;6H/q+1;. The lowest BCUT2D eigenvalue weighted by molar-refractivity contribution is -0.877. The molecule has 0 radical (unpaired) electrons. The number of sulfonamides is 1. The number of alkyl halides is 3. The van der Waals surface area contributed by atoms with Gasteiger partial charge in [-0.3, -0.25) is 0 Å². The lowest BCUT2D eigenvalue weighted by Crippen LogP contribution is -2.38. The van der Waals surface area contributed by atoms with Crippen molar-refractivity contribution >= 4 is 20.4 Å². The third-order valence-corrected chi connectivity index (χ3v) is 4.57. The Morgan fingerprint density at radius 2 is 1.37 bits per heavy atom. The number of nitrogens with one attached hydrogen (secondary N) is 1. The molecule has 0 unspecified atom stereocenters. The Bertz CT molecular complexity index is 490. The largest absolute Gasteiger partial charge is 0.512 e. The molecule has 1 aliphatic rings. The van der Waals surface area contributed by atoms with E-state index < -0.39 is 25.9 Å². The van der Waals surface area contributed by atoms with Crippen LogP contribution in [0.25, 0.3) is 0 Å². The average Bonchev–Trinajstić information content (AvgIpc) is 2.44. The van der Waals surface area contributed by atoms with E-state index in [2.05, 4.69) is 14.1 Å². The van der Waals surface area contributed by atoms with E-state index in [0.29, 0.717) is 0 Å². The summed E-state index contributed by atoms with van der Waals surface area (Å²) >= 11 is 0. The first-order valence-electron chi connectivity index (χ1n) is 5.03. The fraction of sp³-hybridized carbons (Fsp3) is 1.00. The van der Waals surface area contributed by atoms with Gasteiger partial charge in [-0.25, -0.2) is 8.42 Å². The molecule has 0 bridgehead atoms. The molecule has 1 saturated heterocycles. The maximum absolute atomic E-state index is 11.4. The van der Waals surface area contributed by atoms with E-state index in [-0.39, 0.29) is 4.13 Å². The molecule has 1 aliphatic heterocycles. The van der Waals surface area contributed by atoms with Gasteiger partial charge in [-0.15, -0.1) is 0 Å². The SMILES string of the molecule is C[N+]1(C)CCCC1.O=S(=O)(F)NS(=O)(=O)C(F)(F)F. The van der Waals surface area contributed by atoms with Crippen LogP contribution in [0.4, 0.5) is 17.1 Å². The number of hydrogen-bond acceptors (Lipinski definition) is 4. The zero-order valence-corrected chi connectivity index (χ0v) is 11.9. The van der Waals surface area contributed by atoms with Crippen molar-refractivity contribution in [1.29, 1.82) is 0 Å². The van der Waals surface area contributed by atoms with E-state index in [1.807, 2.05) is 0 Å². The average molecular weight is 331 g/mol. The van der Waals surface area contributed by atoms with Gasteiger partial charge in [0.05, 0.1) is 27.2 Å². The van der Waals surface area contributed by atoms with Crippen molar-refractivity contribution in [1.82, 2.24) is 4.13 Å². The molecule has 116 valence electrons. The highest BCUT2D eigenvalue weighted by atomic mass is 32.3. The summed E-state index contributed by atoms with van der Waals surface area (Å²) in [6.45, 7) is 2.78. The molecule has 12 heteroatoms. The molecular weight excluding hydrogens is 316 g/mol. The summed E-state index contributed by atoms with van der Waals surface area (Å²) < 4.78 is 84.8. The normalized spacial score (nSPS) is 19.7. The molecule has 0 aromatic carbocycles. The quantitative estimate of drug-likeness (QED) is 0.454. The summed E-state index contributed by atoms with van der Waals surface area (Å²) in [7, 11) is -7.49. The summed E-state index contributed by atoms with van der Waals surface area (Å²) in [4.78, 5) is 0. The third kappa shape index (κ3) is 7.64. The number of nitrogens with zero attached hydrogens (tertiary/aromatic N) is 1. The van der Waals surface area contributed by atoms with Crippen molar-refractivity contribution in [2.24, 2.45) is 0 Å². The van der Waals surface area contributed by atoms with Crippen LogP contribution in [0.3, 0.4) is 0 Å². The number of quaternary nitrogens is 1. The molecule has 19 heavy (non-hydrogen) atoms. The minimum atomic E-state index is -6.17. The fourth-order valence-electron chi connectivity index (χ4n) is 1.37. The van der Waals surface area contributed by atoms with Gasteiger partial charge < -0.3 is 4.48 Å². The van der Waals surface area contributed by atoms with Crippen LogP contribution in [0.15, 0.2) is 0 Å². The lowest BCUT2D eigenvalue weighted by atomic mass is 10.4. The Morgan fingerprint density at radius 1 is 1.00 bits per heavy atom. The van der Waals surface area contributed by atoms with Gasteiger partial charge >= 0.3 is 25.9 Å². The lowest BCUT2D eigenvalue weighted by Gasteiger charge is -2.21. The highest BCUT2D eigenvalue weighted by Crippen LogP contribution is 2.22. The van der Waals surface area contributed by atoms with Crippen molar-refractivity contribution in [3.63, 3.8) is 0 Å². The van der Waals surface area contributed by atoms with Crippen LogP contribution in [0, 0.1) is 0 Å². The summed E-state index contributed by atoms with van der Waals surface area (Å²) in [5.74, 6) is 0. The maximum atomic E-state index is 11.4. The zero-order valence-electron chi connectivity index (χ0n) is 10.2. The Morgan fingerprint density at radius 3 is 1.47 bits per heavy atom. The van der Waals surface area contributed by atoms with Crippen LogP contribution < -0.4 is 4.13 Å². The number of rotatable bonds is 2. The van der Waals surface area contributed by atoms with Crippen molar-refractivity contribution in [3.05, 3.63) is 0 Å². The number of halogens is 4. The second kappa shape index (κ2) is 5.89. The molecule has 6 nitrogen and oxygen atoms in total. The molecular formula is C7H15F4N2O4S2+. The molecule has 1 heterocycles. The Labute approximate surface area is 109 Å². The molecule has 0 aromatic rings. The van der Waals surface area contributed by atoms with Gasteiger partial charge in [-0.1, -0.05) is 8.01 Å². The highest BCUT2D eigenvalue weighted by molar-refractivity contribution is 8.03. The highest BCUT2D eigenvalue weighted by Gasteiger charge is 2.48. The molecule has 0 aliphatic carbocycles. The van der Waals surface area contributed by atoms with Crippen LogP contribution in [0.5, 0.6) is 0 Å². The Balaban J connectivity index is 0.000000388. The number of hydrogen-bond donors (Lipinski definition) is 1. The maximum Gasteiger partial charge on any atom is 0.512 e. The molecule has 1 N–H and O–H groups in total. The zero-order chi connectivity index (χ0) is 15.5. The van der Waals surface area contributed by atoms with Gasteiger partial charge in [0.2, 0.25) is 0 Å². The first kappa shape index (κ1) is 18.5. The van der Waals surface area contributed by atoms with Gasteiger partial charge in [0.1, 0.15) is 0 Å².